The van der Waals surface area contributed by atoms with Gasteiger partial charge >= 0.3 is 5.97 Å². The Bertz CT molecular complexity index is 177. The van der Waals surface area contributed by atoms with Crippen LogP contribution in [0.3, 0.4) is 0 Å². The average molecular weight is 214 g/mol. The second-order valence-electron chi connectivity index (χ2n) is 4.74. The van der Waals surface area contributed by atoms with Gasteiger partial charge in [-0.05, 0) is 31.6 Å². The van der Waals surface area contributed by atoms with Gasteiger partial charge in [0.1, 0.15) is 0 Å². The maximum absolute atomic E-state index is 11.4. The minimum atomic E-state index is -0.0477. The van der Waals surface area contributed by atoms with Crippen molar-refractivity contribution in [3.63, 3.8) is 0 Å². The van der Waals surface area contributed by atoms with Crippen LogP contribution in [0.4, 0.5) is 0 Å². The third-order valence-corrected chi connectivity index (χ3v) is 2.95. The van der Waals surface area contributed by atoms with E-state index in [-0.39, 0.29) is 11.9 Å². The van der Waals surface area contributed by atoms with Gasteiger partial charge in [0.15, 0.2) is 0 Å². The van der Waals surface area contributed by atoms with E-state index in [1.807, 2.05) is 13.8 Å². The van der Waals surface area contributed by atoms with Crippen LogP contribution in [0.25, 0.3) is 0 Å². The minimum Gasteiger partial charge on any atom is -0.466 e. The summed E-state index contributed by atoms with van der Waals surface area (Å²) in [6.07, 6.45) is 3.38. The van der Waals surface area contributed by atoms with E-state index in [1.54, 1.807) is 0 Å². The fraction of sp³-hybridized carbons (Fsp3) is 0.923. The molecule has 3 unspecified atom stereocenters. The Morgan fingerprint density at radius 2 is 1.67 bits per heavy atom. The Kier molecular flexibility index (Phi) is 7.45. The largest absolute Gasteiger partial charge is 0.466 e. The van der Waals surface area contributed by atoms with Gasteiger partial charge in [0.25, 0.3) is 0 Å². The van der Waals surface area contributed by atoms with Crippen molar-refractivity contribution in [2.24, 2.45) is 17.8 Å². The summed E-state index contributed by atoms with van der Waals surface area (Å²) in [5.41, 5.74) is 0. The van der Waals surface area contributed by atoms with Crippen molar-refractivity contribution in [2.75, 3.05) is 6.61 Å². The Morgan fingerprint density at radius 3 is 2.13 bits per heavy atom. The van der Waals surface area contributed by atoms with E-state index >= 15 is 0 Å². The summed E-state index contributed by atoms with van der Waals surface area (Å²) in [4.78, 5) is 11.4. The Labute approximate surface area is 94.4 Å². The van der Waals surface area contributed by atoms with Crippen LogP contribution in [0.15, 0.2) is 0 Å². The lowest BCUT2D eigenvalue weighted by Gasteiger charge is -2.18. The summed E-state index contributed by atoms with van der Waals surface area (Å²) in [5.74, 6) is 1.37. The summed E-state index contributed by atoms with van der Waals surface area (Å²) >= 11 is 0. The molecule has 0 rings (SSSR count). The van der Waals surface area contributed by atoms with Crippen molar-refractivity contribution in [2.45, 2.75) is 53.9 Å². The van der Waals surface area contributed by atoms with Crippen LogP contribution in [0.1, 0.15) is 53.9 Å². The summed E-state index contributed by atoms with van der Waals surface area (Å²) in [5, 5.41) is 0. The molecule has 0 aliphatic rings. The van der Waals surface area contributed by atoms with E-state index in [0.29, 0.717) is 12.5 Å². The molecule has 0 bridgehead atoms. The number of esters is 1. The Hall–Kier alpha value is -0.530. The third-order valence-electron chi connectivity index (χ3n) is 2.95. The van der Waals surface area contributed by atoms with Gasteiger partial charge in [0, 0.05) is 0 Å². The van der Waals surface area contributed by atoms with Gasteiger partial charge in [0.05, 0.1) is 12.5 Å². The fourth-order valence-electron chi connectivity index (χ4n) is 1.93. The molecule has 0 aromatic rings. The van der Waals surface area contributed by atoms with Gasteiger partial charge in [0.2, 0.25) is 0 Å². The fourth-order valence-corrected chi connectivity index (χ4v) is 1.93. The lowest BCUT2D eigenvalue weighted by atomic mass is 9.88. The number of carbonyl (C=O) groups is 1. The van der Waals surface area contributed by atoms with Crippen LogP contribution >= 0.6 is 0 Å². The molecule has 0 aliphatic heterocycles. The number of hydrogen-bond acceptors (Lipinski definition) is 2. The van der Waals surface area contributed by atoms with Crippen LogP contribution in [0, 0.1) is 17.8 Å². The maximum atomic E-state index is 11.4. The minimum absolute atomic E-state index is 0.0454. The molecule has 0 heterocycles. The molecule has 0 aromatic heterocycles. The standard InChI is InChI=1S/C13H26O2/c1-6-10(3)8-11(4)9-12(5)13(14)15-7-2/h10-12H,6-9H2,1-5H3. The summed E-state index contributed by atoms with van der Waals surface area (Å²) in [6.45, 7) is 11.0. The monoisotopic (exact) mass is 214 g/mol. The van der Waals surface area contributed by atoms with Gasteiger partial charge < -0.3 is 4.74 Å². The van der Waals surface area contributed by atoms with Gasteiger partial charge in [-0.25, -0.2) is 0 Å². The van der Waals surface area contributed by atoms with Crippen LogP contribution < -0.4 is 0 Å². The Balaban J connectivity index is 3.84. The first-order valence-electron chi connectivity index (χ1n) is 6.17. The normalized spacial score (nSPS) is 16.9. The van der Waals surface area contributed by atoms with Crippen LogP contribution in [-0.4, -0.2) is 12.6 Å². The predicted octanol–water partition coefficient (Wildman–Crippen LogP) is 3.65. The van der Waals surface area contributed by atoms with Crippen molar-refractivity contribution in [1.29, 1.82) is 0 Å². The van der Waals surface area contributed by atoms with E-state index in [4.69, 9.17) is 4.74 Å². The van der Waals surface area contributed by atoms with Gasteiger partial charge in [-0.15, -0.1) is 0 Å². The highest BCUT2D eigenvalue weighted by molar-refractivity contribution is 5.71. The quantitative estimate of drug-likeness (QED) is 0.605. The average Bonchev–Trinajstić information content (AvgIpc) is 2.17. The predicted molar refractivity (Wildman–Crippen MR) is 63.7 cm³/mol. The Morgan fingerprint density at radius 1 is 1.07 bits per heavy atom. The van der Waals surface area contributed by atoms with Crippen molar-refractivity contribution < 1.29 is 9.53 Å². The molecule has 0 amide bonds. The molecule has 0 aromatic carbocycles. The molecule has 2 heteroatoms. The zero-order valence-corrected chi connectivity index (χ0v) is 10.9. The smallest absolute Gasteiger partial charge is 0.308 e. The molecule has 15 heavy (non-hydrogen) atoms. The SMILES string of the molecule is CCOC(=O)C(C)CC(C)CC(C)CC. The molecule has 90 valence electrons. The maximum Gasteiger partial charge on any atom is 0.308 e. The van der Waals surface area contributed by atoms with E-state index in [0.717, 1.165) is 12.3 Å². The highest BCUT2D eigenvalue weighted by atomic mass is 16.5. The van der Waals surface area contributed by atoms with Crippen molar-refractivity contribution in [1.82, 2.24) is 0 Å². The third kappa shape index (κ3) is 6.53. The summed E-state index contributed by atoms with van der Waals surface area (Å²) < 4.78 is 5.00. The van der Waals surface area contributed by atoms with Crippen LogP contribution in [-0.2, 0) is 9.53 Å². The first-order chi connectivity index (χ1) is 7.01. The molecular weight excluding hydrogens is 188 g/mol. The molecule has 0 N–H and O–H groups in total. The molecule has 3 atom stereocenters. The number of carbonyl (C=O) groups excluding carboxylic acids is 1. The highest BCUT2D eigenvalue weighted by Gasteiger charge is 2.18. The lowest BCUT2D eigenvalue weighted by Crippen LogP contribution is -2.18. The molecule has 2 nitrogen and oxygen atoms in total. The van der Waals surface area contributed by atoms with Crippen LogP contribution in [0.5, 0.6) is 0 Å². The first kappa shape index (κ1) is 14.5. The highest BCUT2D eigenvalue weighted by Crippen LogP contribution is 2.21. The topological polar surface area (TPSA) is 26.3 Å². The molecular formula is C13H26O2. The van der Waals surface area contributed by atoms with E-state index in [1.165, 1.54) is 12.8 Å². The van der Waals surface area contributed by atoms with E-state index in [9.17, 15) is 4.79 Å². The molecule has 0 saturated heterocycles. The van der Waals surface area contributed by atoms with E-state index in [2.05, 4.69) is 20.8 Å². The second kappa shape index (κ2) is 7.72. The molecule has 0 spiro atoms. The van der Waals surface area contributed by atoms with Gasteiger partial charge in [-0.3, -0.25) is 4.79 Å². The summed E-state index contributed by atoms with van der Waals surface area (Å²) in [6, 6.07) is 0. The zero-order valence-electron chi connectivity index (χ0n) is 10.9. The number of hydrogen-bond donors (Lipinski definition) is 0. The zero-order chi connectivity index (χ0) is 11.8. The number of rotatable bonds is 7. The van der Waals surface area contributed by atoms with Crippen molar-refractivity contribution in [3.05, 3.63) is 0 Å². The van der Waals surface area contributed by atoms with Crippen molar-refractivity contribution in [3.8, 4) is 0 Å². The first-order valence-corrected chi connectivity index (χ1v) is 6.17. The van der Waals surface area contributed by atoms with Gasteiger partial charge in [-0.1, -0.05) is 34.1 Å². The molecule has 0 aliphatic carbocycles. The lowest BCUT2D eigenvalue weighted by molar-refractivity contribution is -0.148. The molecule has 0 radical (unpaired) electrons. The second-order valence-corrected chi connectivity index (χ2v) is 4.74. The van der Waals surface area contributed by atoms with Crippen molar-refractivity contribution >= 4 is 5.97 Å². The van der Waals surface area contributed by atoms with E-state index < -0.39 is 0 Å². The molecule has 0 fully saturated rings. The molecule has 0 saturated carbocycles. The van der Waals surface area contributed by atoms with Crippen LogP contribution in [0.2, 0.25) is 0 Å². The number of ether oxygens (including phenoxy) is 1. The summed E-state index contributed by atoms with van der Waals surface area (Å²) in [7, 11) is 0. The van der Waals surface area contributed by atoms with Gasteiger partial charge in [-0.2, -0.15) is 0 Å².